The van der Waals surface area contributed by atoms with E-state index < -0.39 is 17.7 Å². The molecule has 0 saturated heterocycles. The molecule has 0 spiro atoms. The molecule has 0 aromatic heterocycles. The van der Waals surface area contributed by atoms with Crippen molar-refractivity contribution in [1.29, 1.82) is 0 Å². The number of benzene rings is 1. The molecule has 1 aromatic rings. The van der Waals surface area contributed by atoms with Gasteiger partial charge in [-0.1, -0.05) is 11.6 Å². The van der Waals surface area contributed by atoms with Crippen molar-refractivity contribution in [1.82, 2.24) is 0 Å². The summed E-state index contributed by atoms with van der Waals surface area (Å²) in [4.78, 5) is -0.0493. The van der Waals surface area contributed by atoms with Crippen LogP contribution in [0.4, 0.5) is 17.6 Å². The molecule has 0 saturated carbocycles. The van der Waals surface area contributed by atoms with Gasteiger partial charge in [0.2, 0.25) is 0 Å². The van der Waals surface area contributed by atoms with Gasteiger partial charge in [-0.15, -0.1) is 11.8 Å². The van der Waals surface area contributed by atoms with Crippen LogP contribution in [0, 0.1) is 5.82 Å². The molecule has 14 heavy (non-hydrogen) atoms. The first-order chi connectivity index (χ1) is 6.38. The normalized spacial score (nSPS) is 11.8. The second-order valence-electron chi connectivity index (χ2n) is 2.48. The van der Waals surface area contributed by atoms with E-state index >= 15 is 0 Å². The average molecular weight is 245 g/mol. The number of rotatable bonds is 2. The lowest BCUT2D eigenvalue weighted by molar-refractivity contribution is -0.105. The summed E-state index contributed by atoms with van der Waals surface area (Å²) < 4.78 is 48.3. The zero-order valence-electron chi connectivity index (χ0n) is 6.74. The van der Waals surface area contributed by atoms with Crippen LogP contribution < -0.4 is 0 Å². The molecule has 0 unspecified atom stereocenters. The van der Waals surface area contributed by atoms with Crippen LogP contribution in [0.3, 0.4) is 0 Å². The van der Waals surface area contributed by atoms with Crippen LogP contribution in [0.2, 0.25) is 5.02 Å². The van der Waals surface area contributed by atoms with Crippen molar-refractivity contribution in [2.45, 2.75) is 11.1 Å². The van der Waals surface area contributed by atoms with Crippen molar-refractivity contribution in [3.63, 3.8) is 0 Å². The molecule has 78 valence electrons. The molecule has 0 aliphatic heterocycles. The van der Waals surface area contributed by atoms with Gasteiger partial charge in [-0.25, -0.2) is 4.39 Å². The Morgan fingerprint density at radius 1 is 1.29 bits per heavy atom. The van der Waals surface area contributed by atoms with Crippen LogP contribution in [0.15, 0.2) is 23.1 Å². The highest BCUT2D eigenvalue weighted by molar-refractivity contribution is 7.99. The summed E-state index contributed by atoms with van der Waals surface area (Å²) >= 11 is 5.84. The first kappa shape index (κ1) is 11.7. The van der Waals surface area contributed by atoms with Crippen LogP contribution in [0.25, 0.3) is 0 Å². The smallest absolute Gasteiger partial charge is 0.206 e. The molecule has 0 aliphatic carbocycles. The summed E-state index contributed by atoms with van der Waals surface area (Å²) in [7, 11) is 0. The van der Waals surface area contributed by atoms with E-state index in [1.165, 1.54) is 12.1 Å². The summed E-state index contributed by atoms with van der Waals surface area (Å²) in [6, 6.07) is 3.57. The highest BCUT2D eigenvalue weighted by atomic mass is 35.5. The van der Waals surface area contributed by atoms with E-state index in [9.17, 15) is 17.6 Å². The standard InChI is InChI=1S/C8H5ClF4S/c9-5-1-2-7(6(10)3-5)14-4-8(11,12)13/h1-3H,4H2. The first-order valence-electron chi connectivity index (χ1n) is 3.53. The maximum Gasteiger partial charge on any atom is 0.398 e. The van der Waals surface area contributed by atoms with E-state index in [1.807, 2.05) is 0 Å². The van der Waals surface area contributed by atoms with Crippen LogP contribution in [-0.4, -0.2) is 11.9 Å². The summed E-state index contributed by atoms with van der Waals surface area (Å²) in [6.07, 6.45) is -4.29. The largest absolute Gasteiger partial charge is 0.398 e. The molecule has 1 rings (SSSR count). The van der Waals surface area contributed by atoms with Crippen LogP contribution in [0.5, 0.6) is 0 Å². The number of hydrogen-bond acceptors (Lipinski definition) is 1. The van der Waals surface area contributed by atoms with Gasteiger partial charge in [0.1, 0.15) is 5.82 Å². The van der Waals surface area contributed by atoms with Crippen molar-refractivity contribution < 1.29 is 17.6 Å². The molecule has 0 aliphatic rings. The minimum absolute atomic E-state index is 0.0493. The Bertz CT molecular complexity index is 324. The first-order valence-corrected chi connectivity index (χ1v) is 4.89. The van der Waals surface area contributed by atoms with Crippen LogP contribution >= 0.6 is 23.4 Å². The van der Waals surface area contributed by atoms with E-state index in [1.54, 1.807) is 0 Å². The van der Waals surface area contributed by atoms with Crippen molar-refractivity contribution in [3.05, 3.63) is 29.0 Å². The zero-order valence-corrected chi connectivity index (χ0v) is 8.31. The van der Waals surface area contributed by atoms with Gasteiger partial charge in [-0.2, -0.15) is 13.2 Å². The van der Waals surface area contributed by atoms with Gasteiger partial charge < -0.3 is 0 Å². The molecule has 6 heteroatoms. The number of halogens is 5. The van der Waals surface area contributed by atoms with Crippen molar-refractivity contribution in [2.75, 3.05) is 5.75 Å². The predicted molar refractivity (Wildman–Crippen MR) is 48.2 cm³/mol. The lowest BCUT2D eigenvalue weighted by Crippen LogP contribution is -2.10. The lowest BCUT2D eigenvalue weighted by Gasteiger charge is -2.06. The topological polar surface area (TPSA) is 0 Å². The minimum Gasteiger partial charge on any atom is -0.206 e. The molecule has 1 aromatic carbocycles. The average Bonchev–Trinajstić information content (AvgIpc) is 2.00. The Balaban J connectivity index is 2.68. The minimum atomic E-state index is -4.29. The summed E-state index contributed by atoms with van der Waals surface area (Å²) in [5, 5.41) is 0.166. The third kappa shape index (κ3) is 3.75. The highest BCUT2D eigenvalue weighted by Gasteiger charge is 2.27. The molecule has 0 radical (unpaired) electrons. The lowest BCUT2D eigenvalue weighted by atomic mass is 10.3. The number of alkyl halides is 3. The number of thioether (sulfide) groups is 1. The summed E-state index contributed by atoms with van der Waals surface area (Å²) in [5.74, 6) is -1.84. The molecule has 0 N–H and O–H groups in total. The zero-order chi connectivity index (χ0) is 10.8. The fourth-order valence-corrected chi connectivity index (χ4v) is 1.59. The molecule has 0 amide bonds. The van der Waals surface area contributed by atoms with Crippen molar-refractivity contribution in [2.24, 2.45) is 0 Å². The monoisotopic (exact) mass is 244 g/mol. The fourth-order valence-electron chi connectivity index (χ4n) is 0.752. The maximum absolute atomic E-state index is 13.0. The van der Waals surface area contributed by atoms with Gasteiger partial charge in [0.25, 0.3) is 0 Å². The predicted octanol–water partition coefficient (Wildman–Crippen LogP) is 4.13. The van der Waals surface area contributed by atoms with Gasteiger partial charge in [-0.05, 0) is 18.2 Å². The Morgan fingerprint density at radius 2 is 1.93 bits per heavy atom. The van der Waals surface area contributed by atoms with Gasteiger partial charge in [0.15, 0.2) is 0 Å². The van der Waals surface area contributed by atoms with E-state index in [4.69, 9.17) is 11.6 Å². The van der Waals surface area contributed by atoms with Crippen LogP contribution in [0.1, 0.15) is 0 Å². The molecular formula is C8H5ClF4S. The van der Waals surface area contributed by atoms with Gasteiger partial charge in [-0.3, -0.25) is 0 Å². The summed E-state index contributed by atoms with van der Waals surface area (Å²) in [6.45, 7) is 0. The Labute approximate surface area is 87.2 Å². The van der Waals surface area contributed by atoms with Crippen molar-refractivity contribution in [3.8, 4) is 0 Å². The van der Waals surface area contributed by atoms with E-state index in [0.29, 0.717) is 11.8 Å². The van der Waals surface area contributed by atoms with Gasteiger partial charge in [0.05, 0.1) is 5.75 Å². The Kier molecular flexibility index (Phi) is 3.66. The second kappa shape index (κ2) is 4.40. The van der Waals surface area contributed by atoms with Gasteiger partial charge >= 0.3 is 6.18 Å². The third-order valence-corrected chi connectivity index (χ3v) is 2.63. The molecule has 0 nitrogen and oxygen atoms in total. The van der Waals surface area contributed by atoms with E-state index in [0.717, 1.165) is 6.07 Å². The maximum atomic E-state index is 13.0. The fraction of sp³-hybridized carbons (Fsp3) is 0.250. The molecular weight excluding hydrogens is 240 g/mol. The van der Waals surface area contributed by atoms with E-state index in [2.05, 4.69) is 0 Å². The van der Waals surface area contributed by atoms with E-state index in [-0.39, 0.29) is 9.92 Å². The number of hydrogen-bond donors (Lipinski definition) is 0. The molecule has 0 fully saturated rings. The third-order valence-electron chi connectivity index (χ3n) is 1.29. The molecule has 0 atom stereocenters. The quantitative estimate of drug-likeness (QED) is 0.557. The van der Waals surface area contributed by atoms with Crippen LogP contribution in [-0.2, 0) is 0 Å². The highest BCUT2D eigenvalue weighted by Crippen LogP contribution is 2.29. The summed E-state index contributed by atoms with van der Waals surface area (Å²) in [5.41, 5.74) is 0. The molecule has 0 heterocycles. The second-order valence-corrected chi connectivity index (χ2v) is 3.93. The Morgan fingerprint density at radius 3 is 2.43 bits per heavy atom. The Hall–Kier alpha value is -0.420. The van der Waals surface area contributed by atoms with Crippen molar-refractivity contribution >= 4 is 23.4 Å². The van der Waals surface area contributed by atoms with Gasteiger partial charge in [0, 0.05) is 9.92 Å². The SMILES string of the molecule is Fc1cc(Cl)ccc1SCC(F)(F)F. The molecule has 0 bridgehead atoms.